The quantitative estimate of drug-likeness (QED) is 0.878. The van der Waals surface area contributed by atoms with Crippen LogP contribution in [0, 0.1) is 6.92 Å². The third kappa shape index (κ3) is 2.87. The molecule has 0 fully saturated rings. The Bertz CT molecular complexity index is 510. The van der Waals surface area contributed by atoms with Crippen LogP contribution in [0.3, 0.4) is 0 Å². The van der Waals surface area contributed by atoms with Gasteiger partial charge in [0.15, 0.2) is 0 Å². The first-order chi connectivity index (χ1) is 8.70. The number of rotatable bonds is 5. The van der Waals surface area contributed by atoms with Crippen molar-refractivity contribution >= 4 is 0 Å². The van der Waals surface area contributed by atoms with Crippen molar-refractivity contribution in [3.8, 4) is 5.75 Å². The SMILES string of the molecule is COc1cccc([C@H](C)NCc2nonc2C)c1. The molecule has 0 bridgehead atoms. The van der Waals surface area contributed by atoms with E-state index < -0.39 is 0 Å². The van der Waals surface area contributed by atoms with E-state index in [0.29, 0.717) is 6.54 Å². The van der Waals surface area contributed by atoms with Crippen molar-refractivity contribution in [3.63, 3.8) is 0 Å². The highest BCUT2D eigenvalue weighted by molar-refractivity contribution is 5.30. The van der Waals surface area contributed by atoms with Crippen molar-refractivity contribution < 1.29 is 9.37 Å². The standard InChI is InChI=1S/C13H17N3O2/c1-9(11-5-4-6-12(7-11)17-3)14-8-13-10(2)15-18-16-13/h4-7,9,14H,8H2,1-3H3/t9-/m0/s1. The molecule has 1 aromatic heterocycles. The summed E-state index contributed by atoms with van der Waals surface area (Å²) in [6.45, 7) is 4.61. The summed E-state index contributed by atoms with van der Waals surface area (Å²) in [7, 11) is 1.67. The van der Waals surface area contributed by atoms with Gasteiger partial charge in [-0.05, 0) is 31.5 Å². The van der Waals surface area contributed by atoms with Crippen LogP contribution in [0.15, 0.2) is 28.9 Å². The van der Waals surface area contributed by atoms with Gasteiger partial charge in [0, 0.05) is 12.6 Å². The van der Waals surface area contributed by atoms with Crippen molar-refractivity contribution in [1.82, 2.24) is 15.6 Å². The average molecular weight is 247 g/mol. The van der Waals surface area contributed by atoms with Crippen LogP contribution in [-0.2, 0) is 6.54 Å². The fourth-order valence-corrected chi connectivity index (χ4v) is 1.69. The molecule has 0 saturated carbocycles. The Kier molecular flexibility index (Phi) is 3.94. The van der Waals surface area contributed by atoms with Crippen LogP contribution in [0.5, 0.6) is 5.75 Å². The third-order valence-corrected chi connectivity index (χ3v) is 2.92. The Hall–Kier alpha value is -1.88. The molecule has 0 saturated heterocycles. The van der Waals surface area contributed by atoms with E-state index in [0.717, 1.165) is 17.1 Å². The molecule has 0 aliphatic carbocycles. The monoisotopic (exact) mass is 247 g/mol. The Morgan fingerprint density at radius 1 is 1.39 bits per heavy atom. The zero-order valence-corrected chi connectivity index (χ0v) is 10.8. The Balaban J connectivity index is 1.99. The van der Waals surface area contributed by atoms with Gasteiger partial charge in [0.25, 0.3) is 0 Å². The van der Waals surface area contributed by atoms with Gasteiger partial charge in [0.05, 0.1) is 7.11 Å². The van der Waals surface area contributed by atoms with Crippen LogP contribution in [0.1, 0.15) is 29.9 Å². The molecule has 1 aromatic carbocycles. The van der Waals surface area contributed by atoms with Crippen LogP contribution in [0.2, 0.25) is 0 Å². The minimum atomic E-state index is 0.205. The molecule has 0 unspecified atom stereocenters. The summed E-state index contributed by atoms with van der Waals surface area (Å²) >= 11 is 0. The average Bonchev–Trinajstić information content (AvgIpc) is 2.81. The number of methoxy groups -OCH3 is 1. The zero-order chi connectivity index (χ0) is 13.0. The van der Waals surface area contributed by atoms with Gasteiger partial charge in [-0.1, -0.05) is 22.4 Å². The molecule has 18 heavy (non-hydrogen) atoms. The van der Waals surface area contributed by atoms with E-state index >= 15 is 0 Å². The maximum absolute atomic E-state index is 5.21. The first kappa shape index (κ1) is 12.6. The molecule has 5 heteroatoms. The fourth-order valence-electron chi connectivity index (χ4n) is 1.69. The lowest BCUT2D eigenvalue weighted by Gasteiger charge is -2.14. The summed E-state index contributed by atoms with van der Waals surface area (Å²) in [6.07, 6.45) is 0. The smallest absolute Gasteiger partial charge is 0.121 e. The minimum Gasteiger partial charge on any atom is -0.497 e. The number of hydrogen-bond donors (Lipinski definition) is 1. The highest BCUT2D eigenvalue weighted by Gasteiger charge is 2.09. The molecule has 0 aliphatic rings. The van der Waals surface area contributed by atoms with Crippen molar-refractivity contribution in [2.75, 3.05) is 7.11 Å². The topological polar surface area (TPSA) is 60.2 Å². The van der Waals surface area contributed by atoms with Gasteiger partial charge in [0.2, 0.25) is 0 Å². The lowest BCUT2D eigenvalue weighted by atomic mass is 10.1. The van der Waals surface area contributed by atoms with Crippen molar-refractivity contribution in [2.24, 2.45) is 0 Å². The first-order valence-electron chi connectivity index (χ1n) is 5.86. The Morgan fingerprint density at radius 3 is 2.89 bits per heavy atom. The summed E-state index contributed by atoms with van der Waals surface area (Å²) in [5.74, 6) is 0.862. The van der Waals surface area contributed by atoms with Crippen LogP contribution >= 0.6 is 0 Å². The second-order valence-corrected chi connectivity index (χ2v) is 4.18. The number of hydrogen-bond acceptors (Lipinski definition) is 5. The van der Waals surface area contributed by atoms with Crippen LogP contribution in [-0.4, -0.2) is 17.4 Å². The number of ether oxygens (including phenoxy) is 1. The van der Waals surface area contributed by atoms with E-state index in [1.54, 1.807) is 7.11 Å². The third-order valence-electron chi connectivity index (χ3n) is 2.92. The predicted molar refractivity (Wildman–Crippen MR) is 67.3 cm³/mol. The van der Waals surface area contributed by atoms with E-state index in [1.165, 1.54) is 5.56 Å². The number of nitrogens with zero attached hydrogens (tertiary/aromatic N) is 2. The summed E-state index contributed by atoms with van der Waals surface area (Å²) in [5.41, 5.74) is 2.83. The zero-order valence-electron chi connectivity index (χ0n) is 10.8. The highest BCUT2D eigenvalue weighted by atomic mass is 16.6. The van der Waals surface area contributed by atoms with Gasteiger partial charge in [0.1, 0.15) is 17.1 Å². The molecule has 1 N–H and O–H groups in total. The second-order valence-electron chi connectivity index (χ2n) is 4.18. The second kappa shape index (κ2) is 5.64. The molecule has 5 nitrogen and oxygen atoms in total. The van der Waals surface area contributed by atoms with E-state index in [1.807, 2.05) is 25.1 Å². The lowest BCUT2D eigenvalue weighted by molar-refractivity contribution is 0.300. The fraction of sp³-hybridized carbons (Fsp3) is 0.385. The molecule has 96 valence electrons. The van der Waals surface area contributed by atoms with E-state index in [4.69, 9.17) is 4.74 Å². The molecule has 2 rings (SSSR count). The molecule has 2 aromatic rings. The van der Waals surface area contributed by atoms with Crippen molar-refractivity contribution in [2.45, 2.75) is 26.4 Å². The first-order valence-corrected chi connectivity index (χ1v) is 5.86. The van der Waals surface area contributed by atoms with Crippen molar-refractivity contribution in [1.29, 1.82) is 0 Å². The van der Waals surface area contributed by atoms with Gasteiger partial charge in [-0.15, -0.1) is 0 Å². The molecular formula is C13H17N3O2. The van der Waals surface area contributed by atoms with Crippen LogP contribution in [0.4, 0.5) is 0 Å². The minimum absolute atomic E-state index is 0.205. The summed E-state index contributed by atoms with van der Waals surface area (Å²) in [6, 6.07) is 8.20. The normalized spacial score (nSPS) is 12.4. The summed E-state index contributed by atoms with van der Waals surface area (Å²) in [5, 5.41) is 11.0. The van der Waals surface area contributed by atoms with Gasteiger partial charge in [-0.25, -0.2) is 4.63 Å². The Labute approximate surface area is 106 Å². The molecule has 1 heterocycles. The molecular weight excluding hydrogens is 230 g/mol. The largest absolute Gasteiger partial charge is 0.497 e. The van der Waals surface area contributed by atoms with Gasteiger partial charge in [-0.2, -0.15) is 0 Å². The number of aryl methyl sites for hydroxylation is 1. The van der Waals surface area contributed by atoms with E-state index in [9.17, 15) is 0 Å². The van der Waals surface area contributed by atoms with Gasteiger partial charge < -0.3 is 10.1 Å². The van der Waals surface area contributed by atoms with E-state index in [2.05, 4.69) is 33.2 Å². The molecule has 0 aliphatic heterocycles. The molecule has 0 spiro atoms. The molecule has 0 amide bonds. The van der Waals surface area contributed by atoms with Crippen molar-refractivity contribution in [3.05, 3.63) is 41.2 Å². The summed E-state index contributed by atoms with van der Waals surface area (Å²) < 4.78 is 9.87. The van der Waals surface area contributed by atoms with Gasteiger partial charge >= 0.3 is 0 Å². The number of benzene rings is 1. The molecule has 1 atom stereocenters. The number of aromatic nitrogens is 2. The maximum atomic E-state index is 5.21. The summed E-state index contributed by atoms with van der Waals surface area (Å²) in [4.78, 5) is 0. The van der Waals surface area contributed by atoms with Crippen LogP contribution < -0.4 is 10.1 Å². The van der Waals surface area contributed by atoms with Crippen LogP contribution in [0.25, 0.3) is 0 Å². The highest BCUT2D eigenvalue weighted by Crippen LogP contribution is 2.19. The lowest BCUT2D eigenvalue weighted by Crippen LogP contribution is -2.18. The predicted octanol–water partition coefficient (Wildman–Crippen LogP) is 2.24. The number of nitrogens with one attached hydrogen (secondary N) is 1. The molecule has 0 radical (unpaired) electrons. The Morgan fingerprint density at radius 2 is 2.22 bits per heavy atom. The van der Waals surface area contributed by atoms with E-state index in [-0.39, 0.29) is 6.04 Å². The van der Waals surface area contributed by atoms with Gasteiger partial charge in [-0.3, -0.25) is 0 Å². The maximum Gasteiger partial charge on any atom is 0.121 e.